The van der Waals surface area contributed by atoms with Crippen LogP contribution < -0.4 is 9.64 Å². The van der Waals surface area contributed by atoms with Gasteiger partial charge in [0.2, 0.25) is 11.8 Å². The number of ether oxygens (including phenoxy) is 1. The molecule has 2 fully saturated rings. The van der Waals surface area contributed by atoms with Gasteiger partial charge in [-0.3, -0.25) is 14.4 Å². The summed E-state index contributed by atoms with van der Waals surface area (Å²) in [5.41, 5.74) is 1.34. The second kappa shape index (κ2) is 7.58. The Labute approximate surface area is 164 Å². The first kappa shape index (κ1) is 18.4. The van der Waals surface area contributed by atoms with Crippen molar-refractivity contribution in [2.45, 2.75) is 32.6 Å². The van der Waals surface area contributed by atoms with Crippen molar-refractivity contribution in [1.29, 1.82) is 0 Å². The molecular formula is C23H23NO4. The Balaban J connectivity index is 1.50. The van der Waals surface area contributed by atoms with E-state index in [-0.39, 0.29) is 36.0 Å². The first-order valence-corrected chi connectivity index (χ1v) is 9.75. The van der Waals surface area contributed by atoms with Crippen LogP contribution in [0.15, 0.2) is 54.6 Å². The summed E-state index contributed by atoms with van der Waals surface area (Å²) < 4.78 is 5.44. The SMILES string of the molecule is C[C@@H]1CC[C@H]2C(=O)N(c3cccc(OC(=O)Cc4ccccc4)c3)C(=O)[C@@H]2C1. The highest BCUT2D eigenvalue weighted by Crippen LogP contribution is 2.42. The summed E-state index contributed by atoms with van der Waals surface area (Å²) in [4.78, 5) is 39.2. The number of carbonyl (C=O) groups is 3. The molecule has 3 atom stereocenters. The lowest BCUT2D eigenvalue weighted by atomic mass is 9.76. The van der Waals surface area contributed by atoms with Gasteiger partial charge in [-0.25, -0.2) is 4.90 Å². The van der Waals surface area contributed by atoms with Crippen molar-refractivity contribution in [2.24, 2.45) is 17.8 Å². The smallest absolute Gasteiger partial charge is 0.315 e. The molecule has 1 saturated heterocycles. The van der Waals surface area contributed by atoms with Crippen LogP contribution in [0.25, 0.3) is 0 Å². The fourth-order valence-electron chi connectivity index (χ4n) is 4.26. The predicted molar refractivity (Wildman–Crippen MR) is 105 cm³/mol. The Morgan fingerprint density at radius 2 is 1.75 bits per heavy atom. The highest BCUT2D eigenvalue weighted by atomic mass is 16.5. The molecule has 28 heavy (non-hydrogen) atoms. The molecule has 4 rings (SSSR count). The zero-order valence-electron chi connectivity index (χ0n) is 15.8. The third-order valence-corrected chi connectivity index (χ3v) is 5.69. The normalized spacial score (nSPS) is 24.2. The summed E-state index contributed by atoms with van der Waals surface area (Å²) in [6, 6.07) is 16.0. The van der Waals surface area contributed by atoms with Crippen LogP contribution in [0.3, 0.4) is 0 Å². The maximum atomic E-state index is 12.9. The molecule has 0 bridgehead atoms. The molecule has 0 spiro atoms. The van der Waals surface area contributed by atoms with E-state index in [0.29, 0.717) is 17.4 Å². The molecule has 1 saturated carbocycles. The van der Waals surface area contributed by atoms with Crippen molar-refractivity contribution < 1.29 is 19.1 Å². The average molecular weight is 377 g/mol. The number of hydrogen-bond donors (Lipinski definition) is 0. The molecule has 0 radical (unpaired) electrons. The lowest BCUT2D eigenvalue weighted by molar-refractivity contribution is -0.133. The lowest BCUT2D eigenvalue weighted by Gasteiger charge is -2.25. The van der Waals surface area contributed by atoms with Gasteiger partial charge in [0.15, 0.2) is 0 Å². The fraction of sp³-hybridized carbons (Fsp3) is 0.348. The number of hydrogen-bond acceptors (Lipinski definition) is 4. The third kappa shape index (κ3) is 3.57. The molecule has 1 aliphatic heterocycles. The first-order chi connectivity index (χ1) is 13.5. The fourth-order valence-corrected chi connectivity index (χ4v) is 4.26. The molecule has 144 valence electrons. The zero-order chi connectivity index (χ0) is 19.7. The van der Waals surface area contributed by atoms with Gasteiger partial charge >= 0.3 is 5.97 Å². The summed E-state index contributed by atoms with van der Waals surface area (Å²) in [7, 11) is 0. The van der Waals surface area contributed by atoms with Crippen LogP contribution in [0.5, 0.6) is 5.75 Å². The van der Waals surface area contributed by atoms with Crippen molar-refractivity contribution >= 4 is 23.5 Å². The summed E-state index contributed by atoms with van der Waals surface area (Å²) in [6.07, 6.45) is 2.66. The Morgan fingerprint density at radius 3 is 2.54 bits per heavy atom. The van der Waals surface area contributed by atoms with E-state index < -0.39 is 0 Å². The van der Waals surface area contributed by atoms with Crippen molar-refractivity contribution in [3.63, 3.8) is 0 Å². The summed E-state index contributed by atoms with van der Waals surface area (Å²) in [5.74, 6) is -0.284. The number of anilines is 1. The van der Waals surface area contributed by atoms with Crippen molar-refractivity contribution in [3.05, 3.63) is 60.2 Å². The number of fused-ring (bicyclic) bond motifs is 1. The Kier molecular flexibility index (Phi) is 4.99. The maximum absolute atomic E-state index is 12.9. The predicted octanol–water partition coefficient (Wildman–Crippen LogP) is 3.76. The van der Waals surface area contributed by atoms with Gasteiger partial charge in [-0.1, -0.05) is 43.3 Å². The van der Waals surface area contributed by atoms with E-state index in [1.165, 1.54) is 4.90 Å². The lowest BCUT2D eigenvalue weighted by Crippen LogP contribution is -2.30. The van der Waals surface area contributed by atoms with Crippen molar-refractivity contribution in [1.82, 2.24) is 0 Å². The van der Waals surface area contributed by atoms with E-state index >= 15 is 0 Å². The number of nitrogens with zero attached hydrogens (tertiary/aromatic N) is 1. The van der Waals surface area contributed by atoms with Crippen LogP contribution in [0, 0.1) is 17.8 Å². The molecule has 0 N–H and O–H groups in total. The second-order valence-electron chi connectivity index (χ2n) is 7.78. The molecule has 5 heteroatoms. The van der Waals surface area contributed by atoms with E-state index in [4.69, 9.17) is 4.74 Å². The van der Waals surface area contributed by atoms with Gasteiger partial charge in [0.05, 0.1) is 23.9 Å². The second-order valence-corrected chi connectivity index (χ2v) is 7.78. The maximum Gasteiger partial charge on any atom is 0.315 e. The van der Waals surface area contributed by atoms with E-state index in [2.05, 4.69) is 6.92 Å². The summed E-state index contributed by atoms with van der Waals surface area (Å²) >= 11 is 0. The molecule has 1 aliphatic carbocycles. The first-order valence-electron chi connectivity index (χ1n) is 9.75. The summed E-state index contributed by atoms with van der Waals surface area (Å²) in [6.45, 7) is 2.13. The van der Waals surface area contributed by atoms with Gasteiger partial charge in [-0.2, -0.15) is 0 Å². The topological polar surface area (TPSA) is 63.7 Å². The molecule has 0 aromatic heterocycles. The molecule has 2 aliphatic rings. The van der Waals surface area contributed by atoms with Crippen LogP contribution in [-0.4, -0.2) is 17.8 Å². The number of imide groups is 1. The minimum absolute atomic E-state index is 0.130. The van der Waals surface area contributed by atoms with Gasteiger partial charge in [0, 0.05) is 6.07 Å². The van der Waals surface area contributed by atoms with Crippen molar-refractivity contribution in [2.75, 3.05) is 4.90 Å². The molecule has 2 aromatic carbocycles. The standard InChI is InChI=1S/C23H23NO4/c1-15-10-11-19-20(12-15)23(27)24(22(19)26)17-8-5-9-18(14-17)28-21(25)13-16-6-3-2-4-7-16/h2-9,14-15,19-20H,10-13H2,1H3/t15-,19-,20-/m1/s1. The Bertz CT molecular complexity index is 908. The number of esters is 1. The van der Waals surface area contributed by atoms with E-state index in [1.54, 1.807) is 24.3 Å². The van der Waals surface area contributed by atoms with Gasteiger partial charge in [0.1, 0.15) is 5.75 Å². The zero-order valence-corrected chi connectivity index (χ0v) is 15.8. The van der Waals surface area contributed by atoms with E-state index in [0.717, 1.165) is 24.8 Å². The molecule has 2 aromatic rings. The van der Waals surface area contributed by atoms with Crippen molar-refractivity contribution in [3.8, 4) is 5.75 Å². The Hall–Kier alpha value is -2.95. The summed E-state index contributed by atoms with van der Waals surface area (Å²) in [5, 5.41) is 0. The number of rotatable bonds is 4. The van der Waals surface area contributed by atoms with Crippen LogP contribution in [-0.2, 0) is 20.8 Å². The van der Waals surface area contributed by atoms with Gasteiger partial charge in [0.25, 0.3) is 0 Å². The van der Waals surface area contributed by atoms with Gasteiger partial charge in [-0.05, 0) is 42.9 Å². The highest BCUT2D eigenvalue weighted by Gasteiger charge is 2.50. The third-order valence-electron chi connectivity index (χ3n) is 5.69. The number of carbonyl (C=O) groups excluding carboxylic acids is 3. The Morgan fingerprint density at radius 1 is 1.00 bits per heavy atom. The van der Waals surface area contributed by atoms with E-state index in [1.807, 2.05) is 30.3 Å². The van der Waals surface area contributed by atoms with Crippen LogP contribution >= 0.6 is 0 Å². The van der Waals surface area contributed by atoms with Crippen LogP contribution in [0.2, 0.25) is 0 Å². The number of benzene rings is 2. The van der Waals surface area contributed by atoms with E-state index in [9.17, 15) is 14.4 Å². The minimum Gasteiger partial charge on any atom is -0.426 e. The monoisotopic (exact) mass is 377 g/mol. The largest absolute Gasteiger partial charge is 0.426 e. The van der Waals surface area contributed by atoms with Gasteiger partial charge < -0.3 is 4.74 Å². The molecule has 5 nitrogen and oxygen atoms in total. The van der Waals surface area contributed by atoms with Crippen LogP contribution in [0.1, 0.15) is 31.7 Å². The van der Waals surface area contributed by atoms with Gasteiger partial charge in [-0.15, -0.1) is 0 Å². The molecule has 0 unspecified atom stereocenters. The highest BCUT2D eigenvalue weighted by molar-refractivity contribution is 6.22. The average Bonchev–Trinajstić information content (AvgIpc) is 2.92. The molecule has 2 amide bonds. The number of amides is 2. The minimum atomic E-state index is -0.384. The van der Waals surface area contributed by atoms with Crippen LogP contribution in [0.4, 0.5) is 5.69 Å². The molecule has 1 heterocycles. The quantitative estimate of drug-likeness (QED) is 0.462. The molecular weight excluding hydrogens is 354 g/mol.